The first-order valence-corrected chi connectivity index (χ1v) is 6.40. The van der Waals surface area contributed by atoms with Gasteiger partial charge >= 0.3 is 0 Å². The second-order valence-electron chi connectivity index (χ2n) is 4.27. The second-order valence-corrected chi connectivity index (χ2v) is 4.27. The minimum absolute atomic E-state index is 0.00995. The molecule has 0 unspecified atom stereocenters. The molecule has 21 heavy (non-hydrogen) atoms. The van der Waals surface area contributed by atoms with E-state index in [1.165, 1.54) is 35.0 Å². The van der Waals surface area contributed by atoms with Crippen LogP contribution in [0.3, 0.4) is 0 Å². The van der Waals surface area contributed by atoms with Crippen molar-refractivity contribution in [2.45, 2.75) is 13.5 Å². The number of amides is 1. The fraction of sp³-hybridized carbons (Fsp3) is 0.133. The molecule has 0 bridgehead atoms. The smallest absolute Gasteiger partial charge is 0.276 e. The van der Waals surface area contributed by atoms with Gasteiger partial charge in [-0.25, -0.2) is 9.82 Å². The monoisotopic (exact) mass is 287 g/mol. The van der Waals surface area contributed by atoms with Crippen LogP contribution in [0.15, 0.2) is 52.5 Å². The summed E-state index contributed by atoms with van der Waals surface area (Å²) < 4.78 is 14.4. The average molecular weight is 287 g/mol. The number of benzene rings is 1. The zero-order valence-corrected chi connectivity index (χ0v) is 11.4. The van der Waals surface area contributed by atoms with E-state index in [1.54, 1.807) is 18.3 Å². The topological polar surface area (TPSA) is 63.5 Å². The van der Waals surface area contributed by atoms with Crippen LogP contribution in [0, 0.1) is 5.82 Å². The molecule has 1 aromatic heterocycles. The molecule has 1 amide bonds. The lowest BCUT2D eigenvalue weighted by atomic mass is 10.2. The third-order valence-corrected chi connectivity index (χ3v) is 2.83. The molecule has 0 saturated carbocycles. The summed E-state index contributed by atoms with van der Waals surface area (Å²) in [6.07, 6.45) is 2.91. The van der Waals surface area contributed by atoms with Gasteiger partial charge in [-0.2, -0.15) is 5.10 Å². The maximum absolute atomic E-state index is 13.0. The number of pyridine rings is 1. The minimum Gasteiger partial charge on any atom is -0.315 e. The number of nitrogens with zero attached hydrogens (tertiary/aromatic N) is 2. The fourth-order valence-electron chi connectivity index (χ4n) is 1.77. The Bertz CT molecular complexity index is 738. The van der Waals surface area contributed by atoms with Crippen LogP contribution in [-0.2, 0) is 6.54 Å². The minimum atomic E-state index is -0.601. The van der Waals surface area contributed by atoms with Crippen LogP contribution in [0.25, 0.3) is 0 Å². The van der Waals surface area contributed by atoms with Gasteiger partial charge < -0.3 is 4.57 Å². The van der Waals surface area contributed by atoms with Crippen LogP contribution >= 0.6 is 0 Å². The number of aromatic nitrogens is 1. The molecule has 2 rings (SSSR count). The highest BCUT2D eigenvalue weighted by atomic mass is 19.1. The molecule has 0 fully saturated rings. The van der Waals surface area contributed by atoms with E-state index < -0.39 is 5.91 Å². The third-order valence-electron chi connectivity index (χ3n) is 2.83. The zero-order chi connectivity index (χ0) is 15.2. The lowest BCUT2D eigenvalue weighted by molar-refractivity contribution is 0.0953. The lowest BCUT2D eigenvalue weighted by Crippen LogP contribution is -2.30. The highest BCUT2D eigenvalue weighted by Crippen LogP contribution is 2.00. The molecule has 2 aromatic rings. The number of hydrazone groups is 1. The second kappa shape index (κ2) is 6.60. The molecule has 108 valence electrons. The van der Waals surface area contributed by atoms with Gasteiger partial charge in [-0.1, -0.05) is 12.1 Å². The number of hydrogen-bond acceptors (Lipinski definition) is 3. The fourth-order valence-corrected chi connectivity index (χ4v) is 1.77. The van der Waals surface area contributed by atoms with Crippen molar-refractivity contribution in [1.29, 1.82) is 0 Å². The van der Waals surface area contributed by atoms with E-state index in [1.807, 2.05) is 6.92 Å². The van der Waals surface area contributed by atoms with E-state index >= 15 is 0 Å². The van der Waals surface area contributed by atoms with Gasteiger partial charge in [0.05, 0.1) is 6.21 Å². The summed E-state index contributed by atoms with van der Waals surface area (Å²) in [4.78, 5) is 23.8. The quantitative estimate of drug-likeness (QED) is 0.688. The highest BCUT2D eigenvalue weighted by molar-refractivity contribution is 5.94. The van der Waals surface area contributed by atoms with Crippen molar-refractivity contribution in [2.24, 2.45) is 5.10 Å². The van der Waals surface area contributed by atoms with E-state index in [2.05, 4.69) is 10.5 Å². The van der Waals surface area contributed by atoms with Gasteiger partial charge in [-0.15, -0.1) is 0 Å². The third kappa shape index (κ3) is 3.62. The first-order chi connectivity index (χ1) is 10.1. The van der Waals surface area contributed by atoms with Gasteiger partial charge in [0.15, 0.2) is 0 Å². The molecular weight excluding hydrogens is 273 g/mol. The molecule has 0 radical (unpaired) electrons. The van der Waals surface area contributed by atoms with Crippen LogP contribution in [-0.4, -0.2) is 16.7 Å². The molecule has 0 saturated heterocycles. The van der Waals surface area contributed by atoms with E-state index in [0.717, 1.165) is 0 Å². The predicted molar refractivity (Wildman–Crippen MR) is 77.8 cm³/mol. The van der Waals surface area contributed by atoms with Crippen molar-refractivity contribution >= 4 is 12.1 Å². The Morgan fingerprint density at radius 3 is 2.90 bits per heavy atom. The van der Waals surface area contributed by atoms with Gasteiger partial charge in [-0.05, 0) is 36.8 Å². The van der Waals surface area contributed by atoms with Crippen molar-refractivity contribution < 1.29 is 9.18 Å². The van der Waals surface area contributed by atoms with E-state index in [9.17, 15) is 14.0 Å². The molecule has 0 aliphatic rings. The Kier molecular flexibility index (Phi) is 4.61. The standard InChI is InChI=1S/C15H14FN3O2/c1-2-19-8-4-7-13(15(19)21)14(20)18-17-10-11-5-3-6-12(16)9-11/h3-10H,2H2,1H3,(H,18,20)/b17-10-. The Labute approximate surface area is 120 Å². The Hall–Kier alpha value is -2.76. The van der Waals surface area contributed by atoms with Crippen molar-refractivity contribution in [1.82, 2.24) is 9.99 Å². The normalized spacial score (nSPS) is 10.8. The molecule has 6 heteroatoms. The molecule has 5 nitrogen and oxygen atoms in total. The van der Waals surface area contributed by atoms with Gasteiger partial charge in [0.1, 0.15) is 11.4 Å². The summed E-state index contributed by atoms with van der Waals surface area (Å²) in [7, 11) is 0. The molecule has 0 aliphatic carbocycles. The number of rotatable bonds is 4. The summed E-state index contributed by atoms with van der Waals surface area (Å²) in [6.45, 7) is 2.29. The SMILES string of the molecule is CCn1cccc(C(=O)N/N=C\c2cccc(F)c2)c1=O. The highest BCUT2D eigenvalue weighted by Gasteiger charge is 2.10. The largest absolute Gasteiger partial charge is 0.315 e. The van der Waals surface area contributed by atoms with Gasteiger partial charge in [0.2, 0.25) is 0 Å². The van der Waals surface area contributed by atoms with Crippen molar-refractivity contribution in [2.75, 3.05) is 0 Å². The van der Waals surface area contributed by atoms with E-state index in [4.69, 9.17) is 0 Å². The Morgan fingerprint density at radius 1 is 1.38 bits per heavy atom. The van der Waals surface area contributed by atoms with Crippen molar-refractivity contribution in [3.05, 3.63) is 69.9 Å². The van der Waals surface area contributed by atoms with Crippen LogP contribution in [0.2, 0.25) is 0 Å². The molecule has 1 aromatic carbocycles. The number of nitrogens with one attached hydrogen (secondary N) is 1. The lowest BCUT2D eigenvalue weighted by Gasteiger charge is -2.04. The van der Waals surface area contributed by atoms with Crippen LogP contribution in [0.5, 0.6) is 0 Å². The van der Waals surface area contributed by atoms with Crippen LogP contribution in [0.4, 0.5) is 4.39 Å². The molecular formula is C15H14FN3O2. The number of hydrogen-bond donors (Lipinski definition) is 1. The van der Waals surface area contributed by atoms with Gasteiger partial charge in [0.25, 0.3) is 11.5 Å². The first kappa shape index (κ1) is 14.6. The predicted octanol–water partition coefficient (Wildman–Crippen LogP) is 1.77. The molecule has 0 atom stereocenters. The zero-order valence-electron chi connectivity index (χ0n) is 11.4. The summed E-state index contributed by atoms with van der Waals surface area (Å²) in [5, 5.41) is 3.72. The van der Waals surface area contributed by atoms with E-state index in [0.29, 0.717) is 12.1 Å². The van der Waals surface area contributed by atoms with Crippen LogP contribution in [0.1, 0.15) is 22.8 Å². The molecule has 1 heterocycles. The Balaban J connectivity index is 2.11. The summed E-state index contributed by atoms with van der Waals surface area (Å²) in [6, 6.07) is 8.83. The summed E-state index contributed by atoms with van der Waals surface area (Å²) >= 11 is 0. The van der Waals surface area contributed by atoms with Gasteiger partial charge in [-0.3, -0.25) is 9.59 Å². The summed E-state index contributed by atoms with van der Waals surface area (Å²) in [5.41, 5.74) is 2.40. The number of carbonyl (C=O) groups is 1. The number of halogens is 1. The number of carbonyl (C=O) groups excluding carboxylic acids is 1. The van der Waals surface area contributed by atoms with E-state index in [-0.39, 0.29) is 16.9 Å². The average Bonchev–Trinajstić information content (AvgIpc) is 2.47. The Morgan fingerprint density at radius 2 is 2.19 bits per heavy atom. The maximum Gasteiger partial charge on any atom is 0.276 e. The number of aryl methyl sites for hydroxylation is 1. The summed E-state index contributed by atoms with van der Waals surface area (Å²) in [5.74, 6) is -0.991. The molecule has 0 aliphatic heterocycles. The maximum atomic E-state index is 13.0. The molecule has 0 spiro atoms. The van der Waals surface area contributed by atoms with Crippen molar-refractivity contribution in [3.63, 3.8) is 0 Å². The van der Waals surface area contributed by atoms with Gasteiger partial charge in [0, 0.05) is 12.7 Å². The van der Waals surface area contributed by atoms with Crippen LogP contribution < -0.4 is 11.0 Å². The van der Waals surface area contributed by atoms with Crippen molar-refractivity contribution in [3.8, 4) is 0 Å². The first-order valence-electron chi connectivity index (χ1n) is 6.40. The molecule has 1 N–H and O–H groups in total.